The molecule has 0 spiro atoms. The molecular formula is C14H19N. The fourth-order valence-electron chi connectivity index (χ4n) is 2.10. The van der Waals surface area contributed by atoms with Crippen LogP contribution in [0.1, 0.15) is 32.6 Å². The molecule has 0 bridgehead atoms. The summed E-state index contributed by atoms with van der Waals surface area (Å²) in [6.07, 6.45) is 18.3. The van der Waals surface area contributed by atoms with Gasteiger partial charge in [-0.05, 0) is 30.6 Å². The van der Waals surface area contributed by atoms with Gasteiger partial charge < -0.3 is 4.90 Å². The van der Waals surface area contributed by atoms with Gasteiger partial charge in [-0.25, -0.2) is 0 Å². The number of unbranched alkanes of at least 4 members (excludes halogenated alkanes) is 2. The van der Waals surface area contributed by atoms with Crippen LogP contribution in [-0.2, 0) is 0 Å². The summed E-state index contributed by atoms with van der Waals surface area (Å²) in [6.45, 7) is 3.28. The lowest BCUT2D eigenvalue weighted by Crippen LogP contribution is -2.21. The third-order valence-corrected chi connectivity index (χ3v) is 2.94. The minimum atomic E-state index is 1.02. The van der Waals surface area contributed by atoms with Crippen molar-refractivity contribution in [2.75, 3.05) is 6.54 Å². The van der Waals surface area contributed by atoms with Crippen molar-refractivity contribution in [2.45, 2.75) is 32.6 Å². The third-order valence-electron chi connectivity index (χ3n) is 2.94. The van der Waals surface area contributed by atoms with Gasteiger partial charge in [0, 0.05) is 18.4 Å². The van der Waals surface area contributed by atoms with Gasteiger partial charge in [0.1, 0.15) is 0 Å². The molecule has 1 nitrogen and oxygen atoms in total. The van der Waals surface area contributed by atoms with Gasteiger partial charge in [-0.3, -0.25) is 0 Å². The standard InChI is InChI=1S/C14H19N/c1-2-3-4-8-13-9-7-12-15-11-6-5-10-14(13)15/h5-7,9-11H,2-4,8,12H2,1H3. The molecule has 0 fully saturated rings. The Kier molecular flexibility index (Phi) is 3.44. The Bertz CT molecular complexity index is 331. The van der Waals surface area contributed by atoms with E-state index in [-0.39, 0.29) is 0 Å². The SMILES string of the molecule is CCCCCC1=C2C=CC=CN2CC=C1. The molecule has 0 aromatic rings. The number of rotatable bonds is 4. The maximum Gasteiger partial charge on any atom is 0.0441 e. The lowest BCUT2D eigenvalue weighted by Gasteiger charge is -2.27. The number of allylic oxidation sites excluding steroid dienone is 5. The van der Waals surface area contributed by atoms with Gasteiger partial charge in [0.05, 0.1) is 0 Å². The van der Waals surface area contributed by atoms with E-state index in [1.54, 1.807) is 0 Å². The van der Waals surface area contributed by atoms with E-state index in [0.29, 0.717) is 0 Å². The van der Waals surface area contributed by atoms with Crippen molar-refractivity contribution in [1.82, 2.24) is 4.90 Å². The summed E-state index contributed by atoms with van der Waals surface area (Å²) in [6, 6.07) is 0. The normalized spacial score (nSPS) is 18.6. The summed E-state index contributed by atoms with van der Waals surface area (Å²) in [5.74, 6) is 0. The molecule has 0 saturated carbocycles. The highest BCUT2D eigenvalue weighted by Crippen LogP contribution is 2.25. The van der Waals surface area contributed by atoms with Gasteiger partial charge >= 0.3 is 0 Å². The second kappa shape index (κ2) is 5.01. The number of hydrogen-bond acceptors (Lipinski definition) is 1. The van der Waals surface area contributed by atoms with Crippen LogP contribution >= 0.6 is 0 Å². The minimum absolute atomic E-state index is 1.02. The van der Waals surface area contributed by atoms with Gasteiger partial charge in [-0.2, -0.15) is 0 Å². The summed E-state index contributed by atoms with van der Waals surface area (Å²) < 4.78 is 0. The first kappa shape index (κ1) is 10.3. The maximum atomic E-state index is 2.32. The molecule has 2 aliphatic rings. The zero-order valence-electron chi connectivity index (χ0n) is 9.45. The van der Waals surface area contributed by atoms with E-state index < -0.39 is 0 Å². The van der Waals surface area contributed by atoms with Gasteiger partial charge in [-0.1, -0.05) is 38.0 Å². The molecule has 2 aliphatic heterocycles. The number of hydrogen-bond donors (Lipinski definition) is 0. The quantitative estimate of drug-likeness (QED) is 0.626. The van der Waals surface area contributed by atoms with Crippen molar-refractivity contribution in [3.8, 4) is 0 Å². The predicted octanol–water partition coefficient (Wildman–Crippen LogP) is 3.78. The monoisotopic (exact) mass is 201 g/mol. The second-order valence-electron chi connectivity index (χ2n) is 4.12. The van der Waals surface area contributed by atoms with E-state index in [0.717, 1.165) is 6.54 Å². The van der Waals surface area contributed by atoms with Crippen LogP contribution in [0.15, 0.2) is 47.9 Å². The molecule has 0 N–H and O–H groups in total. The van der Waals surface area contributed by atoms with Crippen molar-refractivity contribution in [1.29, 1.82) is 0 Å². The molecule has 0 radical (unpaired) electrons. The Labute approximate surface area is 92.5 Å². The van der Waals surface area contributed by atoms with Crippen LogP contribution in [0, 0.1) is 0 Å². The maximum absolute atomic E-state index is 2.32. The summed E-state index contributed by atoms with van der Waals surface area (Å²) >= 11 is 0. The molecule has 0 amide bonds. The summed E-state index contributed by atoms with van der Waals surface area (Å²) in [4.78, 5) is 2.32. The van der Waals surface area contributed by atoms with Crippen LogP contribution in [0.25, 0.3) is 0 Å². The molecule has 0 aromatic carbocycles. The Morgan fingerprint density at radius 2 is 2.13 bits per heavy atom. The molecule has 15 heavy (non-hydrogen) atoms. The van der Waals surface area contributed by atoms with E-state index >= 15 is 0 Å². The first-order valence-electron chi connectivity index (χ1n) is 5.93. The number of fused-ring (bicyclic) bond motifs is 1. The molecule has 0 saturated heterocycles. The Balaban J connectivity index is 2.07. The van der Waals surface area contributed by atoms with Crippen LogP contribution in [0.4, 0.5) is 0 Å². The highest BCUT2D eigenvalue weighted by molar-refractivity contribution is 5.40. The van der Waals surface area contributed by atoms with Crippen molar-refractivity contribution >= 4 is 0 Å². The first-order chi connectivity index (χ1) is 7.42. The molecule has 2 heterocycles. The Morgan fingerprint density at radius 1 is 1.20 bits per heavy atom. The summed E-state index contributed by atoms with van der Waals surface area (Å²) in [5, 5.41) is 0. The molecular weight excluding hydrogens is 182 g/mol. The minimum Gasteiger partial charge on any atom is -0.344 e. The molecule has 1 heteroatoms. The highest BCUT2D eigenvalue weighted by atomic mass is 15.1. The molecule has 0 aliphatic carbocycles. The van der Waals surface area contributed by atoms with Crippen molar-refractivity contribution < 1.29 is 0 Å². The van der Waals surface area contributed by atoms with Crippen molar-refractivity contribution in [2.24, 2.45) is 0 Å². The van der Waals surface area contributed by atoms with Crippen LogP contribution in [-0.4, -0.2) is 11.4 Å². The Hall–Kier alpha value is -1.24. The molecule has 0 unspecified atom stereocenters. The van der Waals surface area contributed by atoms with E-state index in [1.807, 2.05) is 0 Å². The van der Waals surface area contributed by atoms with Gasteiger partial charge in [0.25, 0.3) is 0 Å². The van der Waals surface area contributed by atoms with E-state index in [2.05, 4.69) is 48.4 Å². The largest absolute Gasteiger partial charge is 0.344 e. The van der Waals surface area contributed by atoms with Crippen LogP contribution in [0.3, 0.4) is 0 Å². The summed E-state index contributed by atoms with van der Waals surface area (Å²) in [5.41, 5.74) is 2.89. The molecule has 80 valence electrons. The van der Waals surface area contributed by atoms with Gasteiger partial charge in [0.15, 0.2) is 0 Å². The van der Waals surface area contributed by atoms with Crippen LogP contribution in [0.2, 0.25) is 0 Å². The lowest BCUT2D eigenvalue weighted by atomic mass is 10.0. The smallest absolute Gasteiger partial charge is 0.0441 e. The van der Waals surface area contributed by atoms with Crippen LogP contribution in [0.5, 0.6) is 0 Å². The van der Waals surface area contributed by atoms with E-state index in [9.17, 15) is 0 Å². The van der Waals surface area contributed by atoms with Crippen molar-refractivity contribution in [3.63, 3.8) is 0 Å². The predicted molar refractivity (Wildman–Crippen MR) is 65.3 cm³/mol. The van der Waals surface area contributed by atoms with Crippen LogP contribution < -0.4 is 0 Å². The third kappa shape index (κ3) is 2.41. The highest BCUT2D eigenvalue weighted by Gasteiger charge is 2.12. The molecule has 0 atom stereocenters. The van der Waals surface area contributed by atoms with Gasteiger partial charge in [0.2, 0.25) is 0 Å². The average Bonchev–Trinajstić information content (AvgIpc) is 2.30. The lowest BCUT2D eigenvalue weighted by molar-refractivity contribution is 0.511. The first-order valence-corrected chi connectivity index (χ1v) is 5.93. The fraction of sp³-hybridized carbons (Fsp3) is 0.429. The zero-order chi connectivity index (χ0) is 10.5. The van der Waals surface area contributed by atoms with Gasteiger partial charge in [-0.15, -0.1) is 0 Å². The zero-order valence-corrected chi connectivity index (χ0v) is 9.45. The van der Waals surface area contributed by atoms with E-state index in [4.69, 9.17) is 0 Å². The average molecular weight is 201 g/mol. The second-order valence-corrected chi connectivity index (χ2v) is 4.12. The fourth-order valence-corrected chi connectivity index (χ4v) is 2.10. The molecule has 0 aromatic heterocycles. The Morgan fingerprint density at radius 3 is 3.00 bits per heavy atom. The van der Waals surface area contributed by atoms with E-state index in [1.165, 1.54) is 37.0 Å². The summed E-state index contributed by atoms with van der Waals surface area (Å²) in [7, 11) is 0. The number of nitrogens with zero attached hydrogens (tertiary/aromatic N) is 1. The van der Waals surface area contributed by atoms with Crippen molar-refractivity contribution in [3.05, 3.63) is 47.9 Å². The molecule has 2 rings (SSSR count). The topological polar surface area (TPSA) is 3.24 Å².